The Morgan fingerprint density at radius 1 is 1.31 bits per heavy atom. The van der Waals surface area contributed by atoms with Crippen LogP contribution in [0, 0.1) is 24.1 Å². The van der Waals surface area contributed by atoms with Gasteiger partial charge in [-0.1, -0.05) is 27.2 Å². The van der Waals surface area contributed by atoms with Gasteiger partial charge in [-0.05, 0) is 67.7 Å². The van der Waals surface area contributed by atoms with E-state index in [-0.39, 0.29) is 17.9 Å². The van der Waals surface area contributed by atoms with Crippen molar-refractivity contribution >= 4 is 23.5 Å². The Hall–Kier alpha value is -2.44. The van der Waals surface area contributed by atoms with Crippen LogP contribution in [0.25, 0.3) is 0 Å². The molecule has 1 aromatic carbocycles. The zero-order valence-corrected chi connectivity index (χ0v) is 17.6. The molecule has 0 aromatic heterocycles. The summed E-state index contributed by atoms with van der Waals surface area (Å²) in [5, 5.41) is 5.51. The third-order valence-corrected chi connectivity index (χ3v) is 6.87. The molecule has 1 aliphatic carbocycles. The molecule has 1 saturated heterocycles. The summed E-state index contributed by atoms with van der Waals surface area (Å²) in [6.07, 6.45) is 4.02. The van der Waals surface area contributed by atoms with E-state index in [2.05, 4.69) is 31.4 Å². The summed E-state index contributed by atoms with van der Waals surface area (Å²) in [5.41, 5.74) is 0.355. The van der Waals surface area contributed by atoms with E-state index in [1.165, 1.54) is 18.2 Å². The van der Waals surface area contributed by atoms with Crippen molar-refractivity contribution in [2.45, 2.75) is 65.3 Å². The molecule has 29 heavy (non-hydrogen) atoms. The number of rotatable bonds is 5. The summed E-state index contributed by atoms with van der Waals surface area (Å²) < 4.78 is 13.2. The average molecular weight is 403 g/mol. The van der Waals surface area contributed by atoms with E-state index in [0.29, 0.717) is 30.0 Å². The largest absolute Gasteiger partial charge is 0.325 e. The molecular formula is C22H30FN3O3. The number of halogens is 1. The van der Waals surface area contributed by atoms with Crippen molar-refractivity contribution in [1.82, 2.24) is 10.2 Å². The second kappa shape index (κ2) is 7.76. The van der Waals surface area contributed by atoms with Crippen LogP contribution in [0.1, 0.15) is 58.4 Å². The average Bonchev–Trinajstić information content (AvgIpc) is 2.88. The third kappa shape index (κ3) is 4.14. The van der Waals surface area contributed by atoms with Crippen molar-refractivity contribution in [3.05, 3.63) is 29.6 Å². The minimum absolute atomic E-state index is 0.208. The molecule has 0 radical (unpaired) electrons. The maximum atomic E-state index is 13.2. The molecule has 3 rings (SSSR count). The van der Waals surface area contributed by atoms with E-state index in [0.717, 1.165) is 24.2 Å². The fraction of sp³-hybridized carbons (Fsp3) is 0.591. The smallest absolute Gasteiger partial charge is 0.324 e. The highest BCUT2D eigenvalue weighted by atomic mass is 19.1. The summed E-state index contributed by atoms with van der Waals surface area (Å²) in [5.74, 6) is -0.678. The highest BCUT2D eigenvalue weighted by Crippen LogP contribution is 2.45. The lowest BCUT2D eigenvalue weighted by Gasteiger charge is -2.42. The van der Waals surface area contributed by atoms with Crippen LogP contribution in [0.5, 0.6) is 0 Å². The van der Waals surface area contributed by atoms with Crippen LogP contribution in [0.3, 0.4) is 0 Å². The molecule has 0 atom stereocenters. The van der Waals surface area contributed by atoms with Crippen molar-refractivity contribution < 1.29 is 18.8 Å². The fourth-order valence-electron chi connectivity index (χ4n) is 4.44. The second-order valence-corrected chi connectivity index (χ2v) is 9.03. The normalized spacial score (nSPS) is 24.7. The molecule has 1 aromatic rings. The van der Waals surface area contributed by atoms with Gasteiger partial charge in [0.1, 0.15) is 17.9 Å². The quantitative estimate of drug-likeness (QED) is 0.730. The molecule has 2 N–H and O–H groups in total. The van der Waals surface area contributed by atoms with Crippen LogP contribution in [0.2, 0.25) is 0 Å². The summed E-state index contributed by atoms with van der Waals surface area (Å²) in [7, 11) is 0. The van der Waals surface area contributed by atoms with E-state index in [9.17, 15) is 18.8 Å². The van der Waals surface area contributed by atoms with Crippen molar-refractivity contribution in [2.75, 3.05) is 11.9 Å². The van der Waals surface area contributed by atoms with Gasteiger partial charge >= 0.3 is 6.03 Å². The predicted molar refractivity (Wildman–Crippen MR) is 109 cm³/mol. The van der Waals surface area contributed by atoms with Gasteiger partial charge in [-0.3, -0.25) is 14.5 Å². The molecule has 7 heteroatoms. The lowest BCUT2D eigenvalue weighted by atomic mass is 9.65. The van der Waals surface area contributed by atoms with Crippen LogP contribution in [-0.4, -0.2) is 34.8 Å². The number of benzene rings is 1. The molecule has 1 aliphatic heterocycles. The topological polar surface area (TPSA) is 78.5 Å². The summed E-state index contributed by atoms with van der Waals surface area (Å²) in [6, 6.07) is 3.51. The Balaban J connectivity index is 1.64. The van der Waals surface area contributed by atoms with Gasteiger partial charge in [0, 0.05) is 5.69 Å². The van der Waals surface area contributed by atoms with Crippen molar-refractivity contribution in [3.8, 4) is 0 Å². The standard InChI is InChI=1S/C22H30FN3O3/c1-5-21(3,4)15-8-10-22(11-9-15)19(28)26(20(29)25-22)13-18(27)24-17-7-6-16(23)12-14(17)2/h6-7,12,15H,5,8-11,13H2,1-4H3,(H,24,27)(H,25,29). The third-order valence-electron chi connectivity index (χ3n) is 6.87. The second-order valence-electron chi connectivity index (χ2n) is 9.03. The lowest BCUT2D eigenvalue weighted by molar-refractivity contribution is -0.135. The molecule has 1 heterocycles. The molecule has 2 fully saturated rings. The maximum absolute atomic E-state index is 13.2. The van der Waals surface area contributed by atoms with Crippen LogP contribution in [0.15, 0.2) is 18.2 Å². The molecule has 6 nitrogen and oxygen atoms in total. The predicted octanol–water partition coefficient (Wildman–Crippen LogP) is 3.99. The van der Waals surface area contributed by atoms with Crippen molar-refractivity contribution in [2.24, 2.45) is 11.3 Å². The minimum atomic E-state index is -0.885. The number of anilines is 1. The van der Waals surface area contributed by atoms with Crippen LogP contribution in [-0.2, 0) is 9.59 Å². The number of carbonyl (C=O) groups is 3. The zero-order chi connectivity index (χ0) is 21.4. The SMILES string of the molecule is CCC(C)(C)C1CCC2(CC1)NC(=O)N(CC(=O)Nc1ccc(F)cc1C)C2=O. The van der Waals surface area contributed by atoms with Gasteiger partial charge in [-0.15, -0.1) is 0 Å². The molecule has 2 aliphatic rings. The van der Waals surface area contributed by atoms with Gasteiger partial charge in [-0.25, -0.2) is 9.18 Å². The molecule has 4 amide bonds. The molecule has 158 valence electrons. The molecular weight excluding hydrogens is 373 g/mol. The number of carbonyl (C=O) groups excluding carboxylic acids is 3. The van der Waals surface area contributed by atoms with E-state index in [1.54, 1.807) is 6.92 Å². The highest BCUT2D eigenvalue weighted by Gasteiger charge is 2.53. The first-order chi connectivity index (χ1) is 13.6. The van der Waals surface area contributed by atoms with Crippen LogP contribution >= 0.6 is 0 Å². The number of nitrogens with one attached hydrogen (secondary N) is 2. The Kier molecular flexibility index (Phi) is 5.70. The van der Waals surface area contributed by atoms with Gasteiger partial charge in [0.2, 0.25) is 5.91 Å². The molecule has 0 bridgehead atoms. The molecule has 1 saturated carbocycles. The number of nitrogens with zero attached hydrogens (tertiary/aromatic N) is 1. The first-order valence-electron chi connectivity index (χ1n) is 10.3. The first kappa shape index (κ1) is 21.3. The maximum Gasteiger partial charge on any atom is 0.325 e. The van der Waals surface area contributed by atoms with Gasteiger partial charge in [0.25, 0.3) is 5.91 Å². The number of urea groups is 1. The number of aryl methyl sites for hydroxylation is 1. The Morgan fingerprint density at radius 3 is 2.55 bits per heavy atom. The van der Waals surface area contributed by atoms with Gasteiger partial charge in [0.15, 0.2) is 0 Å². The lowest BCUT2D eigenvalue weighted by Crippen LogP contribution is -2.51. The minimum Gasteiger partial charge on any atom is -0.324 e. The van der Waals surface area contributed by atoms with Crippen LogP contribution in [0.4, 0.5) is 14.9 Å². The zero-order valence-electron chi connectivity index (χ0n) is 17.6. The summed E-state index contributed by atoms with van der Waals surface area (Å²) in [6.45, 7) is 8.00. The number of amides is 4. The van der Waals surface area contributed by atoms with Crippen LogP contribution < -0.4 is 10.6 Å². The van der Waals surface area contributed by atoms with E-state index in [4.69, 9.17) is 0 Å². The van der Waals surface area contributed by atoms with E-state index >= 15 is 0 Å². The first-order valence-corrected chi connectivity index (χ1v) is 10.3. The van der Waals surface area contributed by atoms with Gasteiger partial charge < -0.3 is 10.6 Å². The Labute approximate surface area is 171 Å². The number of imide groups is 1. The highest BCUT2D eigenvalue weighted by molar-refractivity contribution is 6.10. The molecule has 0 unspecified atom stereocenters. The van der Waals surface area contributed by atoms with E-state index < -0.39 is 23.3 Å². The number of hydrogen-bond acceptors (Lipinski definition) is 3. The molecule has 1 spiro atoms. The monoisotopic (exact) mass is 403 g/mol. The fourth-order valence-corrected chi connectivity index (χ4v) is 4.44. The summed E-state index contributed by atoms with van der Waals surface area (Å²) in [4.78, 5) is 38.9. The van der Waals surface area contributed by atoms with Crippen molar-refractivity contribution in [1.29, 1.82) is 0 Å². The van der Waals surface area contributed by atoms with Gasteiger partial charge in [-0.2, -0.15) is 0 Å². The summed E-state index contributed by atoms with van der Waals surface area (Å²) >= 11 is 0. The Bertz CT molecular complexity index is 829. The van der Waals surface area contributed by atoms with Gasteiger partial charge in [0.05, 0.1) is 0 Å². The Morgan fingerprint density at radius 2 is 1.97 bits per heavy atom. The number of hydrogen-bond donors (Lipinski definition) is 2. The van der Waals surface area contributed by atoms with Crippen molar-refractivity contribution in [3.63, 3.8) is 0 Å². The van der Waals surface area contributed by atoms with E-state index in [1.807, 2.05) is 0 Å².